The Morgan fingerprint density at radius 3 is 2.58 bits per heavy atom. The maximum atomic E-state index is 11.6. The molecule has 0 fully saturated rings. The van der Waals surface area contributed by atoms with Crippen molar-refractivity contribution in [1.82, 2.24) is 0 Å². The lowest BCUT2D eigenvalue weighted by molar-refractivity contribution is -0.154. The van der Waals surface area contributed by atoms with E-state index >= 15 is 0 Å². The van der Waals surface area contributed by atoms with Crippen LogP contribution in [0.3, 0.4) is 0 Å². The number of carbonyl (C=O) groups excluding carboxylic acids is 1. The quantitative estimate of drug-likeness (QED) is 0.497. The summed E-state index contributed by atoms with van der Waals surface area (Å²) in [5.41, 5.74) is 8.65. The van der Waals surface area contributed by atoms with Crippen molar-refractivity contribution in [3.05, 3.63) is 28.8 Å². The molecule has 3 N–H and O–H groups in total. The number of nitrogens with two attached hydrogens (primary N) is 1. The van der Waals surface area contributed by atoms with Crippen molar-refractivity contribution in [3.8, 4) is 0 Å². The minimum Gasteiger partial charge on any atom is -0.460 e. The van der Waals surface area contributed by atoms with E-state index in [1.165, 1.54) is 6.21 Å². The van der Waals surface area contributed by atoms with Crippen LogP contribution in [0.25, 0.3) is 0 Å². The smallest absolute Gasteiger partial charge is 0.306 e. The highest BCUT2D eigenvalue weighted by atomic mass is 16.6. The molecule has 0 heterocycles. The number of aryl methyl sites for hydroxylation is 2. The summed E-state index contributed by atoms with van der Waals surface area (Å²) in [6.07, 6.45) is 2.16. The van der Waals surface area contributed by atoms with Crippen LogP contribution in [0, 0.1) is 12.3 Å². The number of benzene rings is 1. The first-order valence-corrected chi connectivity index (χ1v) is 6.34. The highest BCUT2D eigenvalue weighted by molar-refractivity contribution is 5.86. The van der Waals surface area contributed by atoms with E-state index in [0.29, 0.717) is 24.1 Å². The van der Waals surface area contributed by atoms with Gasteiger partial charge in [0.05, 0.1) is 0 Å². The number of hydrogen-bond acceptors (Lipinski definition) is 4. The third-order valence-electron chi connectivity index (χ3n) is 2.67. The number of carbonyl (C=O) groups is 1. The Morgan fingerprint density at radius 2 is 2.05 bits per heavy atom. The SMILES string of the molecule is Cc1cc(CCC(=O)OC(C)(C)C)cc(C=N)c1N. The Balaban J connectivity index is 2.71. The second-order valence-corrected chi connectivity index (χ2v) is 5.65. The van der Waals surface area contributed by atoms with Crippen LogP contribution in [-0.2, 0) is 16.0 Å². The molecule has 0 saturated heterocycles. The third kappa shape index (κ3) is 4.73. The summed E-state index contributed by atoms with van der Waals surface area (Å²) in [6.45, 7) is 7.46. The van der Waals surface area contributed by atoms with Gasteiger partial charge in [0.1, 0.15) is 5.60 Å². The summed E-state index contributed by atoms with van der Waals surface area (Å²) in [6, 6.07) is 3.80. The van der Waals surface area contributed by atoms with E-state index in [1.807, 2.05) is 39.8 Å². The molecule has 0 aromatic heterocycles. The molecule has 0 aliphatic rings. The van der Waals surface area contributed by atoms with Gasteiger partial charge in [-0.05, 0) is 51.3 Å². The van der Waals surface area contributed by atoms with Crippen molar-refractivity contribution in [2.24, 2.45) is 0 Å². The van der Waals surface area contributed by atoms with Crippen LogP contribution in [0.5, 0.6) is 0 Å². The molecular formula is C15H22N2O2. The fraction of sp³-hybridized carbons (Fsp3) is 0.467. The van der Waals surface area contributed by atoms with Gasteiger partial charge in [-0.15, -0.1) is 0 Å². The van der Waals surface area contributed by atoms with E-state index in [-0.39, 0.29) is 5.97 Å². The Hall–Kier alpha value is -1.84. The summed E-state index contributed by atoms with van der Waals surface area (Å²) < 4.78 is 5.26. The highest BCUT2D eigenvalue weighted by Crippen LogP contribution is 2.19. The molecular weight excluding hydrogens is 240 g/mol. The molecule has 0 spiro atoms. The first-order valence-electron chi connectivity index (χ1n) is 6.34. The number of nitrogen functional groups attached to an aromatic ring is 1. The molecule has 0 radical (unpaired) electrons. The molecule has 1 rings (SSSR count). The summed E-state index contributed by atoms with van der Waals surface area (Å²) in [4.78, 5) is 11.6. The lowest BCUT2D eigenvalue weighted by Gasteiger charge is -2.19. The van der Waals surface area contributed by atoms with E-state index in [4.69, 9.17) is 15.9 Å². The van der Waals surface area contributed by atoms with E-state index in [1.54, 1.807) is 0 Å². The molecule has 0 unspecified atom stereocenters. The molecule has 4 nitrogen and oxygen atoms in total. The van der Waals surface area contributed by atoms with Gasteiger partial charge < -0.3 is 15.9 Å². The largest absolute Gasteiger partial charge is 0.460 e. The van der Waals surface area contributed by atoms with Crippen LogP contribution in [0.2, 0.25) is 0 Å². The van der Waals surface area contributed by atoms with Crippen molar-refractivity contribution in [3.63, 3.8) is 0 Å². The van der Waals surface area contributed by atoms with E-state index in [2.05, 4.69) is 0 Å². The lowest BCUT2D eigenvalue weighted by Crippen LogP contribution is -2.24. The van der Waals surface area contributed by atoms with Gasteiger partial charge in [0.15, 0.2) is 0 Å². The molecule has 0 aliphatic heterocycles. The molecule has 0 aliphatic carbocycles. The van der Waals surface area contributed by atoms with Crippen molar-refractivity contribution >= 4 is 17.9 Å². The van der Waals surface area contributed by atoms with Gasteiger partial charge in [0.2, 0.25) is 0 Å². The Bertz CT molecular complexity index is 488. The monoisotopic (exact) mass is 262 g/mol. The summed E-state index contributed by atoms with van der Waals surface area (Å²) in [5, 5.41) is 7.32. The molecule has 1 aromatic rings. The predicted molar refractivity (Wildman–Crippen MR) is 77.6 cm³/mol. The Labute approximate surface area is 114 Å². The van der Waals surface area contributed by atoms with Crippen LogP contribution in [0.15, 0.2) is 12.1 Å². The topological polar surface area (TPSA) is 76.2 Å². The number of nitrogens with one attached hydrogen (secondary N) is 1. The van der Waals surface area contributed by atoms with Crippen LogP contribution >= 0.6 is 0 Å². The number of rotatable bonds is 4. The fourth-order valence-corrected chi connectivity index (χ4v) is 1.81. The van der Waals surface area contributed by atoms with E-state index in [0.717, 1.165) is 11.1 Å². The number of anilines is 1. The van der Waals surface area contributed by atoms with Gasteiger partial charge in [0.25, 0.3) is 0 Å². The molecule has 0 saturated carbocycles. The van der Waals surface area contributed by atoms with Crippen molar-refractivity contribution in [1.29, 1.82) is 5.41 Å². The molecule has 19 heavy (non-hydrogen) atoms. The van der Waals surface area contributed by atoms with Gasteiger partial charge in [0, 0.05) is 23.9 Å². The van der Waals surface area contributed by atoms with Gasteiger partial charge in [-0.1, -0.05) is 6.07 Å². The van der Waals surface area contributed by atoms with E-state index < -0.39 is 5.60 Å². The van der Waals surface area contributed by atoms with Crippen LogP contribution in [-0.4, -0.2) is 17.8 Å². The number of ether oxygens (including phenoxy) is 1. The Kier molecular flexibility index (Phi) is 4.70. The van der Waals surface area contributed by atoms with Gasteiger partial charge in [-0.25, -0.2) is 0 Å². The lowest BCUT2D eigenvalue weighted by atomic mass is 10.0. The first-order chi connectivity index (χ1) is 8.73. The van der Waals surface area contributed by atoms with Crippen LogP contribution in [0.1, 0.15) is 43.9 Å². The molecule has 4 heteroatoms. The molecule has 104 valence electrons. The fourth-order valence-electron chi connectivity index (χ4n) is 1.81. The molecule has 0 amide bonds. The van der Waals surface area contributed by atoms with Crippen LogP contribution in [0.4, 0.5) is 5.69 Å². The maximum absolute atomic E-state index is 11.6. The molecule has 0 atom stereocenters. The zero-order valence-electron chi connectivity index (χ0n) is 12.0. The van der Waals surface area contributed by atoms with Gasteiger partial charge >= 0.3 is 5.97 Å². The first kappa shape index (κ1) is 15.2. The zero-order valence-corrected chi connectivity index (χ0v) is 12.0. The van der Waals surface area contributed by atoms with Gasteiger partial charge in [-0.2, -0.15) is 0 Å². The summed E-state index contributed by atoms with van der Waals surface area (Å²) >= 11 is 0. The van der Waals surface area contributed by atoms with Gasteiger partial charge in [-0.3, -0.25) is 4.79 Å². The average molecular weight is 262 g/mol. The zero-order chi connectivity index (χ0) is 14.6. The van der Waals surface area contributed by atoms with E-state index in [9.17, 15) is 4.79 Å². The third-order valence-corrected chi connectivity index (χ3v) is 2.67. The average Bonchev–Trinajstić information content (AvgIpc) is 2.28. The van der Waals surface area contributed by atoms with Crippen molar-refractivity contribution in [2.75, 3.05) is 5.73 Å². The summed E-state index contributed by atoms with van der Waals surface area (Å²) in [7, 11) is 0. The second kappa shape index (κ2) is 5.87. The van der Waals surface area contributed by atoms with Crippen molar-refractivity contribution in [2.45, 2.75) is 46.1 Å². The highest BCUT2D eigenvalue weighted by Gasteiger charge is 2.16. The predicted octanol–water partition coefficient (Wildman–Crippen LogP) is 2.85. The normalized spacial score (nSPS) is 11.2. The number of esters is 1. The minimum atomic E-state index is -0.450. The molecule has 0 bridgehead atoms. The second-order valence-electron chi connectivity index (χ2n) is 5.65. The minimum absolute atomic E-state index is 0.210. The van der Waals surface area contributed by atoms with Crippen LogP contribution < -0.4 is 5.73 Å². The standard InChI is InChI=1S/C15H22N2O2/c1-10-7-11(8-12(9-16)14(10)17)5-6-13(18)19-15(2,3)4/h7-9,16H,5-6,17H2,1-4H3. The number of hydrogen-bond donors (Lipinski definition) is 2. The Morgan fingerprint density at radius 1 is 1.42 bits per heavy atom. The molecule has 1 aromatic carbocycles. The summed E-state index contributed by atoms with van der Waals surface area (Å²) in [5.74, 6) is -0.210. The maximum Gasteiger partial charge on any atom is 0.306 e. The van der Waals surface area contributed by atoms with Crippen molar-refractivity contribution < 1.29 is 9.53 Å².